The number of hydrogen-bond donors (Lipinski definition) is 0. The first kappa shape index (κ1) is 72.3. The molecule has 6 nitrogen and oxygen atoms in total. The SMILES string of the molecule is CC/C=C\C/C=C\C/C=C\C/C=C\C/C=C\CCCCCCCCCCCC(=O)OCC(COC(=O)CCCCCCC/C=C\CCCCC)OC(=O)CCCCCCCCCCC/C=C\C/C=C\CCCCCCC. The van der Waals surface area contributed by atoms with Gasteiger partial charge in [0.2, 0.25) is 0 Å². The van der Waals surface area contributed by atoms with Crippen LogP contribution in [0.15, 0.2) is 97.2 Å². The van der Waals surface area contributed by atoms with Crippen molar-refractivity contribution in [3.8, 4) is 0 Å². The monoisotopic (exact) mass is 1060 g/mol. The Kier molecular flexibility index (Phi) is 60.8. The zero-order valence-electron chi connectivity index (χ0n) is 50.0. The van der Waals surface area contributed by atoms with Crippen molar-refractivity contribution in [2.45, 2.75) is 316 Å². The Labute approximate surface area is 470 Å². The van der Waals surface area contributed by atoms with Gasteiger partial charge in [0.1, 0.15) is 13.2 Å². The second-order valence-electron chi connectivity index (χ2n) is 21.3. The summed E-state index contributed by atoms with van der Waals surface area (Å²) < 4.78 is 16.9. The summed E-state index contributed by atoms with van der Waals surface area (Å²) >= 11 is 0. The molecule has 0 saturated heterocycles. The number of rotatable bonds is 58. The van der Waals surface area contributed by atoms with Gasteiger partial charge >= 0.3 is 17.9 Å². The van der Waals surface area contributed by atoms with Crippen molar-refractivity contribution in [3.63, 3.8) is 0 Å². The lowest BCUT2D eigenvalue weighted by molar-refractivity contribution is -0.167. The standard InChI is InChI=1S/C70H120O6/c1-4-7-10-13-16-19-22-25-27-29-31-33-34-35-36-38-39-41-43-45-48-51-54-57-60-63-69(72)75-66-67(65-74-68(71)62-59-56-53-50-47-24-21-18-15-12-9-6-3)76-70(73)64-61-58-55-52-49-46-44-42-40-37-32-30-28-26-23-20-17-14-11-8-5-2/h7,10,16,18-19,21,23,25-27,30-33,35-36,67H,4-6,8-9,11-15,17,20,22,24,28-29,34,37-66H2,1-3H3/b10-7-,19-16-,21-18-,26-23-,27-25-,32-30-,33-31-,36-35-. The third-order valence-electron chi connectivity index (χ3n) is 13.8. The molecule has 0 bridgehead atoms. The quantitative estimate of drug-likeness (QED) is 0.0261. The first-order chi connectivity index (χ1) is 37.5. The molecule has 0 spiro atoms. The zero-order valence-corrected chi connectivity index (χ0v) is 50.0. The second-order valence-corrected chi connectivity index (χ2v) is 21.3. The fourth-order valence-electron chi connectivity index (χ4n) is 8.97. The topological polar surface area (TPSA) is 78.9 Å². The Morgan fingerprint density at radius 2 is 0.513 bits per heavy atom. The molecule has 0 aromatic rings. The minimum Gasteiger partial charge on any atom is -0.462 e. The van der Waals surface area contributed by atoms with Crippen LogP contribution in [-0.2, 0) is 28.6 Å². The van der Waals surface area contributed by atoms with Gasteiger partial charge < -0.3 is 14.2 Å². The zero-order chi connectivity index (χ0) is 55.0. The van der Waals surface area contributed by atoms with Gasteiger partial charge in [-0.25, -0.2) is 0 Å². The largest absolute Gasteiger partial charge is 0.462 e. The van der Waals surface area contributed by atoms with Crippen molar-refractivity contribution >= 4 is 17.9 Å². The molecule has 76 heavy (non-hydrogen) atoms. The van der Waals surface area contributed by atoms with Crippen molar-refractivity contribution in [1.29, 1.82) is 0 Å². The molecule has 6 heteroatoms. The summed E-state index contributed by atoms with van der Waals surface area (Å²) in [6.07, 6.45) is 85.5. The summed E-state index contributed by atoms with van der Waals surface area (Å²) in [6.45, 7) is 6.50. The van der Waals surface area contributed by atoms with Gasteiger partial charge in [-0.2, -0.15) is 0 Å². The summed E-state index contributed by atoms with van der Waals surface area (Å²) in [5, 5.41) is 0. The molecule has 436 valence electrons. The molecule has 0 aliphatic heterocycles. The van der Waals surface area contributed by atoms with Gasteiger partial charge in [-0.15, -0.1) is 0 Å². The molecule has 0 heterocycles. The van der Waals surface area contributed by atoms with Crippen molar-refractivity contribution in [2.75, 3.05) is 13.2 Å². The highest BCUT2D eigenvalue weighted by molar-refractivity contribution is 5.71. The predicted octanol–water partition coefficient (Wildman–Crippen LogP) is 22.0. The van der Waals surface area contributed by atoms with E-state index in [1.807, 2.05) is 0 Å². The summed E-state index contributed by atoms with van der Waals surface area (Å²) in [7, 11) is 0. The van der Waals surface area contributed by atoms with Crippen LogP contribution >= 0.6 is 0 Å². The minimum absolute atomic E-state index is 0.0844. The Morgan fingerprint density at radius 1 is 0.276 bits per heavy atom. The van der Waals surface area contributed by atoms with Crippen molar-refractivity contribution in [2.24, 2.45) is 0 Å². The van der Waals surface area contributed by atoms with E-state index in [0.717, 1.165) is 109 Å². The van der Waals surface area contributed by atoms with E-state index in [9.17, 15) is 14.4 Å². The molecule has 0 aliphatic rings. The first-order valence-corrected chi connectivity index (χ1v) is 32.2. The van der Waals surface area contributed by atoms with Crippen molar-refractivity contribution in [1.82, 2.24) is 0 Å². The molecule has 0 N–H and O–H groups in total. The summed E-state index contributed by atoms with van der Waals surface area (Å²) in [5.74, 6) is -0.894. The Morgan fingerprint density at radius 3 is 0.842 bits per heavy atom. The Hall–Kier alpha value is -3.67. The third-order valence-corrected chi connectivity index (χ3v) is 13.8. The van der Waals surface area contributed by atoms with Crippen LogP contribution in [0.3, 0.4) is 0 Å². The highest BCUT2D eigenvalue weighted by atomic mass is 16.6. The molecule has 0 fully saturated rings. The fourth-order valence-corrected chi connectivity index (χ4v) is 8.97. The lowest BCUT2D eigenvalue weighted by Gasteiger charge is -2.18. The van der Waals surface area contributed by atoms with Crippen molar-refractivity contribution < 1.29 is 28.6 Å². The number of hydrogen-bond acceptors (Lipinski definition) is 6. The van der Waals surface area contributed by atoms with E-state index in [0.29, 0.717) is 19.3 Å². The van der Waals surface area contributed by atoms with E-state index in [-0.39, 0.29) is 31.1 Å². The van der Waals surface area contributed by atoms with Crippen LogP contribution in [-0.4, -0.2) is 37.2 Å². The van der Waals surface area contributed by atoms with Gasteiger partial charge in [-0.3, -0.25) is 14.4 Å². The molecule has 0 amide bonds. The molecule has 0 aromatic heterocycles. The van der Waals surface area contributed by atoms with E-state index in [4.69, 9.17) is 14.2 Å². The van der Waals surface area contributed by atoms with Crippen LogP contribution in [0.5, 0.6) is 0 Å². The maximum atomic E-state index is 12.9. The smallest absolute Gasteiger partial charge is 0.306 e. The molecule has 0 rings (SSSR count). The molecule has 0 aromatic carbocycles. The van der Waals surface area contributed by atoms with Gasteiger partial charge in [0.15, 0.2) is 6.10 Å². The summed E-state index contributed by atoms with van der Waals surface area (Å²) in [4.78, 5) is 38.3. The van der Waals surface area contributed by atoms with Crippen LogP contribution in [0.4, 0.5) is 0 Å². The Bertz CT molecular complexity index is 1490. The number of carbonyl (C=O) groups excluding carboxylic acids is 3. The van der Waals surface area contributed by atoms with E-state index in [1.54, 1.807) is 0 Å². The van der Waals surface area contributed by atoms with Crippen molar-refractivity contribution in [3.05, 3.63) is 97.2 Å². The number of esters is 3. The lowest BCUT2D eigenvalue weighted by Crippen LogP contribution is -2.30. The molecule has 1 unspecified atom stereocenters. The third kappa shape index (κ3) is 61.2. The van der Waals surface area contributed by atoms with Crippen LogP contribution in [0.2, 0.25) is 0 Å². The Balaban J connectivity index is 4.33. The van der Waals surface area contributed by atoms with Crippen LogP contribution in [0.1, 0.15) is 310 Å². The maximum absolute atomic E-state index is 12.9. The van der Waals surface area contributed by atoms with E-state index >= 15 is 0 Å². The van der Waals surface area contributed by atoms with E-state index < -0.39 is 6.10 Å². The number of carbonyl (C=O) groups is 3. The van der Waals surface area contributed by atoms with Crippen LogP contribution in [0.25, 0.3) is 0 Å². The van der Waals surface area contributed by atoms with Gasteiger partial charge in [0.05, 0.1) is 0 Å². The van der Waals surface area contributed by atoms with Crippen LogP contribution in [0, 0.1) is 0 Å². The molecule has 0 aliphatic carbocycles. The maximum Gasteiger partial charge on any atom is 0.306 e. The normalized spacial score (nSPS) is 12.7. The number of allylic oxidation sites excluding steroid dienone is 16. The number of unbranched alkanes of at least 4 members (excludes halogenated alkanes) is 31. The number of ether oxygens (including phenoxy) is 3. The minimum atomic E-state index is -0.787. The molecule has 0 saturated carbocycles. The first-order valence-electron chi connectivity index (χ1n) is 32.2. The van der Waals surface area contributed by atoms with Crippen LogP contribution < -0.4 is 0 Å². The fraction of sp³-hybridized carbons (Fsp3) is 0.729. The summed E-state index contributed by atoms with van der Waals surface area (Å²) in [6, 6.07) is 0. The second kappa shape index (κ2) is 63.9. The average Bonchev–Trinajstić information content (AvgIpc) is 3.42. The predicted molar refractivity (Wildman–Crippen MR) is 330 cm³/mol. The van der Waals surface area contributed by atoms with Gasteiger partial charge in [-0.05, 0) is 122 Å². The van der Waals surface area contributed by atoms with Gasteiger partial charge in [-0.1, -0.05) is 266 Å². The summed E-state index contributed by atoms with van der Waals surface area (Å²) in [5.41, 5.74) is 0. The molecule has 0 radical (unpaired) electrons. The van der Waals surface area contributed by atoms with E-state index in [2.05, 4.69) is 118 Å². The average molecular weight is 1060 g/mol. The highest BCUT2D eigenvalue weighted by Gasteiger charge is 2.19. The lowest BCUT2D eigenvalue weighted by atomic mass is 10.1. The highest BCUT2D eigenvalue weighted by Crippen LogP contribution is 2.16. The van der Waals surface area contributed by atoms with Gasteiger partial charge in [0, 0.05) is 19.3 Å². The molecular weight excluding hydrogens is 937 g/mol. The molecule has 1 atom stereocenters. The van der Waals surface area contributed by atoms with Gasteiger partial charge in [0.25, 0.3) is 0 Å². The van der Waals surface area contributed by atoms with E-state index in [1.165, 1.54) is 161 Å². The molecular formula is C70H120O6.